The summed E-state index contributed by atoms with van der Waals surface area (Å²) in [5.41, 5.74) is 2.84. The van der Waals surface area contributed by atoms with Gasteiger partial charge in [-0.25, -0.2) is 0 Å². The SMILES string of the molecule is O=C(NC1C2CCC(C2)C1CO)c1n[nH]c2c1CCCC2. The molecule has 3 N–H and O–H groups in total. The van der Waals surface area contributed by atoms with Crippen molar-refractivity contribution in [2.45, 2.75) is 51.0 Å². The van der Waals surface area contributed by atoms with Gasteiger partial charge in [0.25, 0.3) is 5.91 Å². The van der Waals surface area contributed by atoms with Gasteiger partial charge < -0.3 is 10.4 Å². The lowest BCUT2D eigenvalue weighted by Crippen LogP contribution is -2.45. The van der Waals surface area contributed by atoms with Crippen molar-refractivity contribution in [2.24, 2.45) is 17.8 Å². The third-order valence-electron chi connectivity index (χ3n) is 5.87. The van der Waals surface area contributed by atoms with Crippen LogP contribution in [0, 0.1) is 17.8 Å². The number of nitrogens with zero attached hydrogens (tertiary/aromatic N) is 1. The van der Waals surface area contributed by atoms with Crippen molar-refractivity contribution in [2.75, 3.05) is 6.61 Å². The molecule has 2 bridgehead atoms. The van der Waals surface area contributed by atoms with Crippen LogP contribution in [0.1, 0.15) is 53.8 Å². The van der Waals surface area contributed by atoms with Gasteiger partial charge in [0.2, 0.25) is 0 Å². The maximum atomic E-state index is 12.6. The Morgan fingerprint density at radius 1 is 1.29 bits per heavy atom. The standard InChI is InChI=1S/C16H23N3O2/c20-8-12-9-5-6-10(7-9)14(12)17-16(21)15-11-3-1-2-4-13(11)18-19-15/h9-10,12,14,20H,1-8H2,(H,17,21)(H,18,19). The van der Waals surface area contributed by atoms with E-state index in [0.29, 0.717) is 17.5 Å². The lowest BCUT2D eigenvalue weighted by molar-refractivity contribution is 0.0855. The molecule has 0 saturated heterocycles. The monoisotopic (exact) mass is 289 g/mol. The average Bonchev–Trinajstić information content (AvgIpc) is 3.20. The minimum Gasteiger partial charge on any atom is -0.396 e. The molecule has 4 atom stereocenters. The first-order chi connectivity index (χ1) is 10.3. The number of aryl methyl sites for hydroxylation is 1. The molecule has 3 aliphatic carbocycles. The van der Waals surface area contributed by atoms with Crippen LogP contribution in [0.4, 0.5) is 0 Å². The maximum Gasteiger partial charge on any atom is 0.272 e. The zero-order valence-corrected chi connectivity index (χ0v) is 12.3. The zero-order chi connectivity index (χ0) is 14.4. The molecule has 114 valence electrons. The van der Waals surface area contributed by atoms with Crippen molar-refractivity contribution in [1.82, 2.24) is 15.5 Å². The summed E-state index contributed by atoms with van der Waals surface area (Å²) >= 11 is 0. The molecule has 3 aliphatic rings. The van der Waals surface area contributed by atoms with Gasteiger partial charge in [0, 0.05) is 29.8 Å². The predicted molar refractivity (Wildman–Crippen MR) is 77.9 cm³/mol. The van der Waals surface area contributed by atoms with Gasteiger partial charge in [-0.1, -0.05) is 0 Å². The van der Waals surface area contributed by atoms with Crippen molar-refractivity contribution in [3.05, 3.63) is 17.0 Å². The van der Waals surface area contributed by atoms with Crippen LogP contribution in [-0.2, 0) is 12.8 Å². The van der Waals surface area contributed by atoms with Gasteiger partial charge in [-0.15, -0.1) is 0 Å². The molecule has 5 heteroatoms. The average molecular weight is 289 g/mol. The summed E-state index contributed by atoms with van der Waals surface area (Å²) in [7, 11) is 0. The number of fused-ring (bicyclic) bond motifs is 3. The Balaban J connectivity index is 1.52. The number of H-pyrrole nitrogens is 1. The van der Waals surface area contributed by atoms with E-state index >= 15 is 0 Å². The summed E-state index contributed by atoms with van der Waals surface area (Å²) in [6.45, 7) is 0.185. The molecule has 4 rings (SSSR count). The molecule has 0 aromatic carbocycles. The van der Waals surface area contributed by atoms with Crippen LogP contribution in [-0.4, -0.2) is 33.9 Å². The van der Waals surface area contributed by atoms with E-state index < -0.39 is 0 Å². The quantitative estimate of drug-likeness (QED) is 0.787. The molecule has 1 aromatic heterocycles. The number of nitrogens with one attached hydrogen (secondary N) is 2. The molecular formula is C16H23N3O2. The van der Waals surface area contributed by atoms with Crippen LogP contribution in [0.5, 0.6) is 0 Å². The van der Waals surface area contributed by atoms with E-state index in [-0.39, 0.29) is 24.5 Å². The Bertz CT molecular complexity index is 554. The van der Waals surface area contributed by atoms with Gasteiger partial charge in [-0.3, -0.25) is 9.89 Å². The molecule has 1 heterocycles. The smallest absolute Gasteiger partial charge is 0.272 e. The van der Waals surface area contributed by atoms with E-state index in [4.69, 9.17) is 0 Å². The Labute approximate surface area is 124 Å². The fourth-order valence-corrected chi connectivity index (χ4v) is 4.79. The molecular weight excluding hydrogens is 266 g/mol. The predicted octanol–water partition coefficient (Wildman–Crippen LogP) is 1.43. The van der Waals surface area contributed by atoms with Gasteiger partial charge in [-0.05, 0) is 56.8 Å². The minimum absolute atomic E-state index is 0.0506. The van der Waals surface area contributed by atoms with E-state index in [9.17, 15) is 9.90 Å². The van der Waals surface area contributed by atoms with E-state index in [1.807, 2.05) is 0 Å². The van der Waals surface area contributed by atoms with Crippen LogP contribution in [0.2, 0.25) is 0 Å². The number of aliphatic hydroxyl groups is 1. The molecule has 0 radical (unpaired) electrons. The normalized spacial score (nSPS) is 34.0. The Morgan fingerprint density at radius 3 is 2.95 bits per heavy atom. The van der Waals surface area contributed by atoms with Gasteiger partial charge in [-0.2, -0.15) is 5.10 Å². The first-order valence-electron chi connectivity index (χ1n) is 8.25. The molecule has 21 heavy (non-hydrogen) atoms. The second-order valence-corrected chi connectivity index (χ2v) is 6.92. The van der Waals surface area contributed by atoms with Crippen molar-refractivity contribution in [3.8, 4) is 0 Å². The Hall–Kier alpha value is -1.36. The number of carbonyl (C=O) groups excluding carboxylic acids is 1. The molecule has 2 fully saturated rings. The number of hydrogen-bond donors (Lipinski definition) is 3. The third kappa shape index (κ3) is 2.09. The molecule has 0 aliphatic heterocycles. The number of carbonyl (C=O) groups is 1. The fraction of sp³-hybridized carbons (Fsp3) is 0.750. The van der Waals surface area contributed by atoms with Crippen molar-refractivity contribution in [1.29, 1.82) is 0 Å². The second-order valence-electron chi connectivity index (χ2n) is 6.92. The molecule has 1 amide bonds. The Morgan fingerprint density at radius 2 is 2.10 bits per heavy atom. The topological polar surface area (TPSA) is 78.0 Å². The molecule has 1 aromatic rings. The molecule has 2 saturated carbocycles. The van der Waals surface area contributed by atoms with Gasteiger partial charge in [0.05, 0.1) is 0 Å². The first kappa shape index (κ1) is 13.3. The highest BCUT2D eigenvalue weighted by atomic mass is 16.3. The summed E-state index contributed by atoms with van der Waals surface area (Å²) in [4.78, 5) is 12.6. The highest BCUT2D eigenvalue weighted by Gasteiger charge is 2.48. The van der Waals surface area contributed by atoms with Gasteiger partial charge in [0.1, 0.15) is 0 Å². The summed E-state index contributed by atoms with van der Waals surface area (Å²) in [5.74, 6) is 1.33. The van der Waals surface area contributed by atoms with Gasteiger partial charge >= 0.3 is 0 Å². The summed E-state index contributed by atoms with van der Waals surface area (Å²) in [5, 5.41) is 20.1. The van der Waals surface area contributed by atoms with Crippen LogP contribution in [0.25, 0.3) is 0 Å². The molecule has 5 nitrogen and oxygen atoms in total. The lowest BCUT2D eigenvalue weighted by atomic mass is 9.85. The highest BCUT2D eigenvalue weighted by Crippen LogP contribution is 2.48. The summed E-state index contributed by atoms with van der Waals surface area (Å²) in [6, 6.07) is 0.136. The van der Waals surface area contributed by atoms with Crippen LogP contribution in [0.15, 0.2) is 0 Å². The number of rotatable bonds is 3. The number of aromatic nitrogens is 2. The van der Waals surface area contributed by atoms with Crippen LogP contribution < -0.4 is 5.32 Å². The van der Waals surface area contributed by atoms with E-state index in [1.54, 1.807) is 0 Å². The molecule has 0 spiro atoms. The van der Waals surface area contributed by atoms with E-state index in [0.717, 1.165) is 36.9 Å². The summed E-state index contributed by atoms with van der Waals surface area (Å²) < 4.78 is 0. The third-order valence-corrected chi connectivity index (χ3v) is 5.87. The van der Waals surface area contributed by atoms with Crippen LogP contribution >= 0.6 is 0 Å². The summed E-state index contributed by atoms with van der Waals surface area (Å²) in [6.07, 6.45) is 7.83. The van der Waals surface area contributed by atoms with Crippen molar-refractivity contribution >= 4 is 5.91 Å². The number of aromatic amines is 1. The molecule has 4 unspecified atom stereocenters. The van der Waals surface area contributed by atoms with Crippen molar-refractivity contribution < 1.29 is 9.90 Å². The maximum absolute atomic E-state index is 12.6. The lowest BCUT2D eigenvalue weighted by Gasteiger charge is -2.30. The fourth-order valence-electron chi connectivity index (χ4n) is 4.79. The van der Waals surface area contributed by atoms with E-state index in [2.05, 4.69) is 15.5 Å². The first-order valence-corrected chi connectivity index (χ1v) is 8.25. The number of aliphatic hydroxyl groups excluding tert-OH is 1. The number of amides is 1. The zero-order valence-electron chi connectivity index (χ0n) is 12.3. The largest absolute Gasteiger partial charge is 0.396 e. The van der Waals surface area contributed by atoms with Gasteiger partial charge in [0.15, 0.2) is 5.69 Å². The Kier molecular flexibility index (Phi) is 3.25. The van der Waals surface area contributed by atoms with Crippen molar-refractivity contribution in [3.63, 3.8) is 0 Å². The second kappa shape index (κ2) is 5.13. The number of hydrogen-bond acceptors (Lipinski definition) is 3. The minimum atomic E-state index is -0.0506. The highest BCUT2D eigenvalue weighted by molar-refractivity contribution is 5.94. The van der Waals surface area contributed by atoms with E-state index in [1.165, 1.54) is 19.3 Å². The van der Waals surface area contributed by atoms with Crippen LogP contribution in [0.3, 0.4) is 0 Å².